The summed E-state index contributed by atoms with van der Waals surface area (Å²) in [6.07, 6.45) is 2.16. The third-order valence-electron chi connectivity index (χ3n) is 2.68. The van der Waals surface area contributed by atoms with Crippen LogP contribution in [-0.4, -0.2) is 17.5 Å². The monoisotopic (exact) mass is 344 g/mol. The molecule has 0 aliphatic rings. The zero-order valence-corrected chi connectivity index (χ0v) is 13.0. The summed E-state index contributed by atoms with van der Waals surface area (Å²) in [4.78, 5) is 14.9. The van der Waals surface area contributed by atoms with Crippen LogP contribution in [0.4, 0.5) is 0 Å². The van der Waals surface area contributed by atoms with Gasteiger partial charge in [0.05, 0.1) is 16.7 Å². The molecule has 1 heterocycles. The Hall–Kier alpha value is -1.49. The van der Waals surface area contributed by atoms with Crippen LogP contribution >= 0.6 is 34.8 Å². The fraction of sp³-hybridized carbons (Fsp3) is 0.143. The van der Waals surface area contributed by atoms with Gasteiger partial charge in [-0.2, -0.15) is 0 Å². The Morgan fingerprint density at radius 1 is 1.19 bits per heavy atom. The van der Waals surface area contributed by atoms with E-state index in [4.69, 9.17) is 45.3 Å². The number of carbonyl (C=O) groups is 1. The highest BCUT2D eigenvalue weighted by Crippen LogP contribution is 2.35. The van der Waals surface area contributed by atoms with E-state index in [0.29, 0.717) is 33.8 Å². The van der Waals surface area contributed by atoms with Gasteiger partial charge in [0.15, 0.2) is 5.75 Å². The molecule has 4 nitrogen and oxygen atoms in total. The number of rotatable bonds is 5. The number of hydrogen-bond donors (Lipinski definition) is 1. The average molecular weight is 346 g/mol. The number of amides is 1. The highest BCUT2D eigenvalue weighted by atomic mass is 35.5. The molecule has 110 valence electrons. The summed E-state index contributed by atoms with van der Waals surface area (Å²) in [5, 5.41) is 1.16. The van der Waals surface area contributed by atoms with Crippen molar-refractivity contribution in [2.75, 3.05) is 6.61 Å². The van der Waals surface area contributed by atoms with Gasteiger partial charge >= 0.3 is 0 Å². The molecule has 0 aliphatic heterocycles. The maximum absolute atomic E-state index is 10.9. The first-order valence-corrected chi connectivity index (χ1v) is 7.13. The van der Waals surface area contributed by atoms with Gasteiger partial charge in [0.1, 0.15) is 5.69 Å². The van der Waals surface area contributed by atoms with E-state index in [9.17, 15) is 4.79 Å². The minimum absolute atomic E-state index is 0.225. The maximum Gasteiger partial charge on any atom is 0.267 e. The second kappa shape index (κ2) is 6.98. The van der Waals surface area contributed by atoms with E-state index in [-0.39, 0.29) is 5.69 Å². The van der Waals surface area contributed by atoms with E-state index < -0.39 is 5.91 Å². The van der Waals surface area contributed by atoms with E-state index >= 15 is 0 Å². The molecule has 2 rings (SSSR count). The highest BCUT2D eigenvalue weighted by molar-refractivity contribution is 6.40. The normalized spacial score (nSPS) is 10.4. The van der Waals surface area contributed by atoms with Crippen LogP contribution < -0.4 is 10.5 Å². The predicted molar refractivity (Wildman–Crippen MR) is 83.4 cm³/mol. The summed E-state index contributed by atoms with van der Waals surface area (Å²) in [6.45, 7) is 0.360. The Bertz CT molecular complexity index is 637. The molecule has 2 N–H and O–H groups in total. The first-order valence-electron chi connectivity index (χ1n) is 5.99. The third-order valence-corrected chi connectivity index (χ3v) is 3.46. The van der Waals surface area contributed by atoms with Crippen LogP contribution in [-0.2, 0) is 6.42 Å². The molecule has 1 amide bonds. The summed E-state index contributed by atoms with van der Waals surface area (Å²) in [5.41, 5.74) is 6.25. The molecule has 0 aliphatic carbocycles. The molecule has 0 radical (unpaired) electrons. The van der Waals surface area contributed by atoms with E-state index in [1.54, 1.807) is 30.5 Å². The van der Waals surface area contributed by atoms with Gasteiger partial charge in [0, 0.05) is 17.6 Å². The van der Waals surface area contributed by atoms with Crippen molar-refractivity contribution in [3.05, 3.63) is 56.8 Å². The lowest BCUT2D eigenvalue weighted by Crippen LogP contribution is -2.13. The lowest BCUT2D eigenvalue weighted by atomic mass is 10.2. The fourth-order valence-electron chi connectivity index (χ4n) is 1.66. The average Bonchev–Trinajstić information content (AvgIpc) is 2.42. The molecule has 1 aromatic heterocycles. The lowest BCUT2D eigenvalue weighted by molar-refractivity contribution is 0.0995. The topological polar surface area (TPSA) is 65.2 Å². The molecule has 7 heteroatoms. The zero-order chi connectivity index (χ0) is 15.4. The van der Waals surface area contributed by atoms with Gasteiger partial charge in [-0.25, -0.2) is 0 Å². The molecular formula is C14H11Cl3N2O2. The van der Waals surface area contributed by atoms with E-state index in [1.807, 2.05) is 0 Å². The van der Waals surface area contributed by atoms with E-state index in [2.05, 4.69) is 4.98 Å². The number of ether oxygens (including phenoxy) is 1. The summed E-state index contributed by atoms with van der Waals surface area (Å²) in [7, 11) is 0. The van der Waals surface area contributed by atoms with Crippen molar-refractivity contribution in [3.8, 4) is 5.75 Å². The maximum atomic E-state index is 10.9. The molecule has 0 saturated heterocycles. The second-order valence-corrected chi connectivity index (χ2v) is 5.46. The Morgan fingerprint density at radius 3 is 2.38 bits per heavy atom. The lowest BCUT2D eigenvalue weighted by Gasteiger charge is -2.10. The molecule has 0 atom stereocenters. The Balaban J connectivity index is 1.97. The Morgan fingerprint density at radius 2 is 1.86 bits per heavy atom. The molecule has 0 spiro atoms. The first kappa shape index (κ1) is 15.9. The van der Waals surface area contributed by atoms with Crippen LogP contribution in [0.3, 0.4) is 0 Å². The van der Waals surface area contributed by atoms with Crippen molar-refractivity contribution in [2.45, 2.75) is 6.42 Å². The quantitative estimate of drug-likeness (QED) is 0.897. The number of aromatic nitrogens is 1. The Kier molecular flexibility index (Phi) is 5.28. The summed E-state index contributed by atoms with van der Waals surface area (Å²) >= 11 is 17.9. The fourth-order valence-corrected chi connectivity index (χ4v) is 2.58. The largest absolute Gasteiger partial charge is 0.490 e. The molecular weight excluding hydrogens is 335 g/mol. The van der Waals surface area contributed by atoms with Crippen molar-refractivity contribution >= 4 is 40.7 Å². The van der Waals surface area contributed by atoms with Gasteiger partial charge in [0.25, 0.3) is 5.91 Å². The van der Waals surface area contributed by atoms with Crippen LogP contribution in [0.25, 0.3) is 0 Å². The van der Waals surface area contributed by atoms with Gasteiger partial charge < -0.3 is 10.5 Å². The Labute approximate surface area is 136 Å². The predicted octanol–water partition coefficient (Wildman–Crippen LogP) is 3.76. The molecule has 0 saturated carbocycles. The van der Waals surface area contributed by atoms with Crippen molar-refractivity contribution in [2.24, 2.45) is 5.73 Å². The van der Waals surface area contributed by atoms with Crippen molar-refractivity contribution in [1.82, 2.24) is 4.98 Å². The number of nitrogens with zero attached hydrogens (tertiary/aromatic N) is 1. The van der Waals surface area contributed by atoms with Crippen LogP contribution in [0.2, 0.25) is 15.1 Å². The summed E-state index contributed by atoms with van der Waals surface area (Å²) in [5.74, 6) is -0.165. The standard InChI is InChI=1S/C14H11Cl3N2O2/c15-9-5-10(16)13(11(17)6-9)21-4-3-8-1-2-12(14(18)20)19-7-8/h1-2,5-7H,3-4H2,(H2,18,20). The molecule has 2 aromatic rings. The summed E-state index contributed by atoms with van der Waals surface area (Å²) < 4.78 is 5.56. The highest BCUT2D eigenvalue weighted by Gasteiger charge is 2.09. The SMILES string of the molecule is NC(=O)c1ccc(CCOc2c(Cl)cc(Cl)cc2Cl)cn1. The van der Waals surface area contributed by atoms with Crippen LogP contribution in [0.5, 0.6) is 5.75 Å². The van der Waals surface area contributed by atoms with Crippen LogP contribution in [0, 0.1) is 0 Å². The number of pyridine rings is 1. The summed E-state index contributed by atoms with van der Waals surface area (Å²) in [6, 6.07) is 6.46. The molecule has 21 heavy (non-hydrogen) atoms. The first-order chi connectivity index (χ1) is 9.97. The van der Waals surface area contributed by atoms with Gasteiger partial charge in [-0.15, -0.1) is 0 Å². The number of nitrogens with two attached hydrogens (primary N) is 1. The second-order valence-electron chi connectivity index (χ2n) is 4.21. The van der Waals surface area contributed by atoms with Crippen LogP contribution in [0.15, 0.2) is 30.5 Å². The van der Waals surface area contributed by atoms with Gasteiger partial charge in [-0.1, -0.05) is 40.9 Å². The molecule has 0 unspecified atom stereocenters. The van der Waals surface area contributed by atoms with Crippen molar-refractivity contribution < 1.29 is 9.53 Å². The van der Waals surface area contributed by atoms with E-state index in [0.717, 1.165) is 5.56 Å². The van der Waals surface area contributed by atoms with Crippen LogP contribution in [0.1, 0.15) is 16.1 Å². The zero-order valence-electron chi connectivity index (χ0n) is 10.8. The minimum atomic E-state index is -0.558. The minimum Gasteiger partial charge on any atom is -0.490 e. The molecule has 0 bridgehead atoms. The third kappa shape index (κ3) is 4.24. The smallest absolute Gasteiger partial charge is 0.267 e. The number of primary amides is 1. The molecule has 0 fully saturated rings. The van der Waals surface area contributed by atoms with Gasteiger partial charge in [-0.3, -0.25) is 9.78 Å². The number of carbonyl (C=O) groups excluding carboxylic acids is 1. The van der Waals surface area contributed by atoms with Gasteiger partial charge in [0.2, 0.25) is 0 Å². The van der Waals surface area contributed by atoms with Crippen molar-refractivity contribution in [3.63, 3.8) is 0 Å². The van der Waals surface area contributed by atoms with E-state index in [1.165, 1.54) is 0 Å². The molecule has 1 aromatic carbocycles. The van der Waals surface area contributed by atoms with Gasteiger partial charge in [-0.05, 0) is 23.8 Å². The number of benzene rings is 1. The number of hydrogen-bond acceptors (Lipinski definition) is 3. The number of halogens is 3. The van der Waals surface area contributed by atoms with Crippen molar-refractivity contribution in [1.29, 1.82) is 0 Å².